The highest BCUT2D eigenvalue weighted by atomic mass is 19.1. The minimum atomic E-state index is -1.08. The number of Topliss-reactive ketones (excluding diaryl/α,β-unsaturated/α-hetero) is 1. The maximum absolute atomic E-state index is 13.5. The number of aryl methyl sites for hydroxylation is 1. The summed E-state index contributed by atoms with van der Waals surface area (Å²) in [5.74, 6) is -0.713. The Labute approximate surface area is 170 Å². The number of piperidine rings is 1. The van der Waals surface area contributed by atoms with E-state index in [-0.39, 0.29) is 23.3 Å². The first-order valence-corrected chi connectivity index (χ1v) is 9.42. The van der Waals surface area contributed by atoms with Gasteiger partial charge in [-0.15, -0.1) is 10.2 Å². The first-order chi connectivity index (χ1) is 14.4. The van der Waals surface area contributed by atoms with E-state index in [0.29, 0.717) is 37.3 Å². The molecule has 0 spiro atoms. The molecule has 4 rings (SSSR count). The minimum Gasteiger partial charge on any atom is -0.480 e. The molecule has 1 aliphatic rings. The van der Waals surface area contributed by atoms with Gasteiger partial charge in [-0.3, -0.25) is 9.59 Å². The summed E-state index contributed by atoms with van der Waals surface area (Å²) in [5, 5.41) is 24.2. The van der Waals surface area contributed by atoms with Crippen LogP contribution >= 0.6 is 0 Å². The number of carbonyl (C=O) groups is 2. The molecule has 1 saturated heterocycles. The molecule has 3 heterocycles. The number of benzene rings is 1. The lowest BCUT2D eigenvalue weighted by Crippen LogP contribution is -2.36. The molecule has 30 heavy (non-hydrogen) atoms. The van der Waals surface area contributed by atoms with Crippen LogP contribution in [0.3, 0.4) is 0 Å². The predicted octanol–water partition coefficient (Wildman–Crippen LogP) is 1.96. The van der Waals surface area contributed by atoms with Gasteiger partial charge in [-0.25, -0.2) is 4.39 Å². The maximum Gasteiger partial charge on any atom is 0.327 e. The van der Waals surface area contributed by atoms with E-state index in [2.05, 4.69) is 20.6 Å². The number of hydrogen-bond acceptors (Lipinski definition) is 8. The molecule has 0 bridgehead atoms. The number of halogens is 1. The van der Waals surface area contributed by atoms with Crippen molar-refractivity contribution in [1.29, 1.82) is 0 Å². The monoisotopic (exact) mass is 414 g/mol. The summed E-state index contributed by atoms with van der Waals surface area (Å²) < 4.78 is 18.8. The van der Waals surface area contributed by atoms with Crippen molar-refractivity contribution in [2.75, 3.05) is 18.0 Å². The van der Waals surface area contributed by atoms with E-state index >= 15 is 0 Å². The third-order valence-corrected chi connectivity index (χ3v) is 5.10. The molecule has 3 aromatic rings. The van der Waals surface area contributed by atoms with Crippen LogP contribution in [0.2, 0.25) is 0 Å². The van der Waals surface area contributed by atoms with E-state index in [1.807, 2.05) is 4.90 Å². The van der Waals surface area contributed by atoms with Crippen LogP contribution in [0.4, 0.5) is 10.2 Å². The second kappa shape index (κ2) is 8.01. The van der Waals surface area contributed by atoms with Crippen LogP contribution < -0.4 is 4.90 Å². The fraction of sp³-hybridized carbons (Fsp3) is 0.368. The van der Waals surface area contributed by atoms with Crippen molar-refractivity contribution in [3.63, 3.8) is 0 Å². The summed E-state index contributed by atoms with van der Waals surface area (Å²) in [6, 6.07) is 5.93. The Kier molecular flexibility index (Phi) is 5.25. The van der Waals surface area contributed by atoms with Crippen molar-refractivity contribution >= 4 is 17.6 Å². The van der Waals surface area contributed by atoms with E-state index in [4.69, 9.17) is 9.63 Å². The molecule has 0 saturated carbocycles. The number of rotatable bonds is 6. The van der Waals surface area contributed by atoms with Crippen LogP contribution in [0.25, 0.3) is 11.6 Å². The maximum atomic E-state index is 13.5. The Bertz CT molecular complexity index is 1090. The Balaban J connectivity index is 1.40. The number of hydrogen-bond donors (Lipinski definition) is 1. The SMILES string of the molecule is Cc1ccc(F)cc1C(=O)C1CCN(c2cc(-c3nnn(CC(=O)O)n3)on2)CC1. The number of ketones is 1. The van der Waals surface area contributed by atoms with Crippen LogP contribution in [0.15, 0.2) is 28.8 Å². The van der Waals surface area contributed by atoms with E-state index in [9.17, 15) is 14.0 Å². The number of carboxylic acid groups (broad SMARTS) is 1. The van der Waals surface area contributed by atoms with E-state index < -0.39 is 18.3 Å². The van der Waals surface area contributed by atoms with E-state index in [1.165, 1.54) is 12.1 Å². The van der Waals surface area contributed by atoms with Crippen LogP contribution in [-0.2, 0) is 11.3 Å². The number of carbonyl (C=O) groups excluding carboxylic acids is 1. The van der Waals surface area contributed by atoms with Gasteiger partial charge in [-0.05, 0) is 42.7 Å². The quantitative estimate of drug-likeness (QED) is 0.602. The molecule has 10 nitrogen and oxygen atoms in total. The summed E-state index contributed by atoms with van der Waals surface area (Å²) in [7, 11) is 0. The number of carboxylic acids is 1. The molecule has 0 unspecified atom stereocenters. The van der Waals surface area contributed by atoms with E-state index in [0.717, 1.165) is 10.4 Å². The van der Waals surface area contributed by atoms with Crippen LogP contribution in [0.5, 0.6) is 0 Å². The van der Waals surface area contributed by atoms with Gasteiger partial charge >= 0.3 is 5.97 Å². The van der Waals surface area contributed by atoms with Gasteiger partial charge in [-0.2, -0.15) is 4.80 Å². The van der Waals surface area contributed by atoms with Crippen LogP contribution in [0, 0.1) is 18.7 Å². The first kappa shape index (κ1) is 19.7. The largest absolute Gasteiger partial charge is 0.480 e. The zero-order valence-electron chi connectivity index (χ0n) is 16.2. The topological polar surface area (TPSA) is 127 Å². The normalized spacial score (nSPS) is 14.8. The van der Waals surface area contributed by atoms with Gasteiger partial charge in [0.25, 0.3) is 0 Å². The highest BCUT2D eigenvalue weighted by molar-refractivity contribution is 5.99. The van der Waals surface area contributed by atoms with Crippen LogP contribution in [-0.4, -0.2) is 55.3 Å². The number of anilines is 1. The second-order valence-corrected chi connectivity index (χ2v) is 7.17. The van der Waals surface area contributed by atoms with Gasteiger partial charge in [0, 0.05) is 30.6 Å². The number of aromatic nitrogens is 5. The lowest BCUT2D eigenvalue weighted by molar-refractivity contribution is -0.138. The molecule has 1 N–H and O–H groups in total. The van der Waals surface area contributed by atoms with Crippen molar-refractivity contribution in [2.45, 2.75) is 26.3 Å². The van der Waals surface area contributed by atoms with Crippen LogP contribution in [0.1, 0.15) is 28.8 Å². The third kappa shape index (κ3) is 4.04. The van der Waals surface area contributed by atoms with Crippen molar-refractivity contribution in [1.82, 2.24) is 25.4 Å². The summed E-state index contributed by atoms with van der Waals surface area (Å²) in [6.45, 7) is 2.59. The molecule has 0 amide bonds. The minimum absolute atomic E-state index is 0.0354. The first-order valence-electron chi connectivity index (χ1n) is 9.42. The number of nitrogens with zero attached hydrogens (tertiary/aromatic N) is 6. The Morgan fingerprint density at radius 2 is 2.03 bits per heavy atom. The summed E-state index contributed by atoms with van der Waals surface area (Å²) in [6.07, 6.45) is 1.23. The highest BCUT2D eigenvalue weighted by Gasteiger charge is 2.28. The Hall–Kier alpha value is -3.63. The van der Waals surface area contributed by atoms with Crippen molar-refractivity contribution in [2.24, 2.45) is 5.92 Å². The van der Waals surface area contributed by atoms with E-state index in [1.54, 1.807) is 19.1 Å². The van der Waals surface area contributed by atoms with Crippen molar-refractivity contribution in [3.05, 3.63) is 41.2 Å². The standard InChI is InChI=1S/C19H19FN6O4/c1-11-2-3-13(20)8-14(11)18(29)12-4-6-25(7-5-12)16-9-15(30-23-16)19-21-24-26(22-19)10-17(27)28/h2-3,8-9,12H,4-7,10H2,1H3,(H,27,28). The molecule has 1 aliphatic heterocycles. The zero-order chi connectivity index (χ0) is 21.3. The molecule has 2 aromatic heterocycles. The Morgan fingerprint density at radius 1 is 1.27 bits per heavy atom. The number of aliphatic carboxylic acids is 1. The lowest BCUT2D eigenvalue weighted by Gasteiger charge is -2.31. The fourth-order valence-electron chi connectivity index (χ4n) is 3.50. The molecule has 1 aromatic carbocycles. The molecule has 1 fully saturated rings. The fourth-order valence-corrected chi connectivity index (χ4v) is 3.50. The summed E-state index contributed by atoms with van der Waals surface area (Å²) in [5.41, 5.74) is 1.21. The number of tetrazole rings is 1. The smallest absolute Gasteiger partial charge is 0.327 e. The summed E-state index contributed by atoms with van der Waals surface area (Å²) >= 11 is 0. The summed E-state index contributed by atoms with van der Waals surface area (Å²) in [4.78, 5) is 26.4. The molecule has 156 valence electrons. The second-order valence-electron chi connectivity index (χ2n) is 7.17. The van der Waals surface area contributed by atoms with Crippen molar-refractivity contribution < 1.29 is 23.6 Å². The molecular formula is C19H19FN6O4. The van der Waals surface area contributed by atoms with Gasteiger partial charge < -0.3 is 14.5 Å². The predicted molar refractivity (Wildman–Crippen MR) is 101 cm³/mol. The average Bonchev–Trinajstić information content (AvgIpc) is 3.38. The molecule has 0 radical (unpaired) electrons. The average molecular weight is 414 g/mol. The molecular weight excluding hydrogens is 395 g/mol. The zero-order valence-corrected chi connectivity index (χ0v) is 16.2. The van der Waals surface area contributed by atoms with Gasteiger partial charge in [-0.1, -0.05) is 11.2 Å². The van der Waals surface area contributed by atoms with Crippen molar-refractivity contribution in [3.8, 4) is 11.6 Å². The molecule has 0 aliphatic carbocycles. The van der Waals surface area contributed by atoms with Gasteiger partial charge in [0.1, 0.15) is 5.82 Å². The highest BCUT2D eigenvalue weighted by Crippen LogP contribution is 2.28. The Morgan fingerprint density at radius 3 is 2.77 bits per heavy atom. The third-order valence-electron chi connectivity index (χ3n) is 5.10. The van der Waals surface area contributed by atoms with Gasteiger partial charge in [0.2, 0.25) is 11.6 Å². The molecule has 11 heteroatoms. The lowest BCUT2D eigenvalue weighted by atomic mass is 9.87. The van der Waals surface area contributed by atoms with Gasteiger partial charge in [0.05, 0.1) is 0 Å². The molecule has 0 atom stereocenters. The van der Waals surface area contributed by atoms with Gasteiger partial charge in [0.15, 0.2) is 18.1 Å².